The van der Waals surface area contributed by atoms with Crippen LogP contribution in [-0.2, 0) is 21.3 Å². The Morgan fingerprint density at radius 1 is 1.25 bits per heavy atom. The maximum absolute atomic E-state index is 12.7. The van der Waals surface area contributed by atoms with Gasteiger partial charge in [-0.15, -0.1) is 4.40 Å². The van der Waals surface area contributed by atoms with Crippen molar-refractivity contribution in [3.05, 3.63) is 62.4 Å². The van der Waals surface area contributed by atoms with Crippen molar-refractivity contribution in [2.45, 2.75) is 18.4 Å². The second kappa shape index (κ2) is 8.39. The van der Waals surface area contributed by atoms with E-state index in [1.54, 1.807) is 10.6 Å². The first kappa shape index (κ1) is 20.5. The van der Waals surface area contributed by atoms with Crippen molar-refractivity contribution in [2.24, 2.45) is 4.40 Å². The van der Waals surface area contributed by atoms with Crippen LogP contribution >= 0.6 is 22.9 Å². The summed E-state index contributed by atoms with van der Waals surface area (Å²) in [7, 11) is -3.98. The van der Waals surface area contributed by atoms with Gasteiger partial charge in [0.05, 0.1) is 26.6 Å². The van der Waals surface area contributed by atoms with Crippen LogP contribution in [0.3, 0.4) is 0 Å². The predicted octanol–water partition coefficient (Wildman–Crippen LogP) is 3.59. The molecule has 3 aromatic rings. The number of rotatable bonds is 7. The van der Waals surface area contributed by atoms with Crippen LogP contribution < -0.4 is 4.80 Å². The zero-order chi connectivity index (χ0) is 20.3. The topological polar surface area (TPSA) is 104 Å². The van der Waals surface area contributed by atoms with E-state index in [1.165, 1.54) is 36.4 Å². The van der Waals surface area contributed by atoms with Crippen molar-refractivity contribution < 1.29 is 18.1 Å². The Hall–Kier alpha value is -2.27. The number of nitro groups is 1. The number of benzene rings is 2. The number of fused-ring (bicyclic) bond motifs is 1. The average Bonchev–Trinajstić information content (AvgIpc) is 2.98. The van der Waals surface area contributed by atoms with E-state index in [0.717, 1.165) is 11.3 Å². The molecule has 0 aliphatic heterocycles. The molecule has 0 spiro atoms. The number of nitrogens with zero attached hydrogens (tertiary/aromatic N) is 3. The first-order chi connectivity index (χ1) is 13.3. The van der Waals surface area contributed by atoms with Crippen LogP contribution in [0.15, 0.2) is 51.8 Å². The predicted molar refractivity (Wildman–Crippen MR) is 107 cm³/mol. The second-order valence-corrected chi connectivity index (χ2v) is 8.71. The lowest BCUT2D eigenvalue weighted by Crippen LogP contribution is -2.19. The van der Waals surface area contributed by atoms with Crippen molar-refractivity contribution in [3.63, 3.8) is 0 Å². The van der Waals surface area contributed by atoms with Gasteiger partial charge < -0.3 is 9.30 Å². The molecule has 0 saturated heterocycles. The molecule has 3 rings (SSSR count). The molecule has 0 fully saturated rings. The average molecular weight is 442 g/mol. The molecule has 0 radical (unpaired) electrons. The minimum atomic E-state index is -3.98. The molecule has 8 nitrogen and oxygen atoms in total. The first-order valence-corrected chi connectivity index (χ1v) is 10.9. The summed E-state index contributed by atoms with van der Waals surface area (Å²) >= 11 is 6.88. The molecule has 28 heavy (non-hydrogen) atoms. The smallest absolute Gasteiger partial charge is 0.285 e. The monoisotopic (exact) mass is 441 g/mol. The number of halogens is 1. The second-order valence-electron chi connectivity index (χ2n) is 5.66. The molecule has 0 unspecified atom stereocenters. The normalized spacial score (nSPS) is 12.6. The zero-order valence-corrected chi connectivity index (χ0v) is 17.1. The van der Waals surface area contributed by atoms with Gasteiger partial charge in [-0.1, -0.05) is 22.9 Å². The van der Waals surface area contributed by atoms with Crippen molar-refractivity contribution in [1.29, 1.82) is 0 Å². The third kappa shape index (κ3) is 4.41. The minimum absolute atomic E-state index is 0.0108. The van der Waals surface area contributed by atoms with Crippen molar-refractivity contribution in [3.8, 4) is 0 Å². The van der Waals surface area contributed by atoms with E-state index >= 15 is 0 Å². The number of nitro benzene ring substituents is 1. The number of hydrogen-bond donors (Lipinski definition) is 0. The standard InChI is InChI=1S/C17H16ClN3O5S2/c1-2-26-10-9-20-15-8-5-13(21(22)23)11-16(15)27-17(20)19-28(24,25)14-6-3-12(18)4-7-14/h3-8,11H,2,9-10H2,1H3/b19-17-. The van der Waals surface area contributed by atoms with Gasteiger partial charge in [0.25, 0.3) is 15.7 Å². The summed E-state index contributed by atoms with van der Waals surface area (Å²) in [6.07, 6.45) is 0. The van der Waals surface area contributed by atoms with Gasteiger partial charge in [0, 0.05) is 30.3 Å². The summed E-state index contributed by atoms with van der Waals surface area (Å²) in [6, 6.07) is 10.1. The van der Waals surface area contributed by atoms with Gasteiger partial charge >= 0.3 is 0 Å². The van der Waals surface area contributed by atoms with Gasteiger partial charge in [0.15, 0.2) is 0 Å². The van der Waals surface area contributed by atoms with E-state index in [9.17, 15) is 18.5 Å². The lowest BCUT2D eigenvalue weighted by Gasteiger charge is -2.05. The summed E-state index contributed by atoms with van der Waals surface area (Å²) in [4.78, 5) is 10.8. The molecule has 0 N–H and O–H groups in total. The summed E-state index contributed by atoms with van der Waals surface area (Å²) in [5, 5.41) is 11.5. The van der Waals surface area contributed by atoms with E-state index in [4.69, 9.17) is 16.3 Å². The molecule has 148 valence electrons. The van der Waals surface area contributed by atoms with Gasteiger partial charge in [0.2, 0.25) is 4.80 Å². The quantitative estimate of drug-likeness (QED) is 0.316. The SMILES string of the molecule is CCOCCn1/c(=N/S(=O)(=O)c2ccc(Cl)cc2)sc2cc([N+](=O)[O-])ccc21. The van der Waals surface area contributed by atoms with Crippen LogP contribution in [-0.4, -0.2) is 31.1 Å². The van der Waals surface area contributed by atoms with Crippen LogP contribution in [0, 0.1) is 10.1 Å². The van der Waals surface area contributed by atoms with E-state index in [1.807, 2.05) is 6.92 Å². The van der Waals surface area contributed by atoms with Gasteiger partial charge in [0.1, 0.15) is 0 Å². The Balaban J connectivity index is 2.16. The molecular weight excluding hydrogens is 426 g/mol. The van der Waals surface area contributed by atoms with Crippen molar-refractivity contribution >= 4 is 48.9 Å². The Morgan fingerprint density at radius 2 is 1.96 bits per heavy atom. The fraction of sp³-hybridized carbons (Fsp3) is 0.235. The van der Waals surface area contributed by atoms with Crippen molar-refractivity contribution in [2.75, 3.05) is 13.2 Å². The third-order valence-electron chi connectivity index (χ3n) is 3.85. The maximum atomic E-state index is 12.7. The highest BCUT2D eigenvalue weighted by Crippen LogP contribution is 2.24. The number of aromatic nitrogens is 1. The molecule has 0 amide bonds. The highest BCUT2D eigenvalue weighted by atomic mass is 35.5. The highest BCUT2D eigenvalue weighted by molar-refractivity contribution is 7.90. The fourth-order valence-corrected chi connectivity index (χ4v) is 4.94. The Kier molecular flexibility index (Phi) is 6.14. The molecule has 0 aliphatic carbocycles. The summed E-state index contributed by atoms with van der Waals surface area (Å²) in [5.74, 6) is 0. The maximum Gasteiger partial charge on any atom is 0.285 e. The molecule has 0 bridgehead atoms. The van der Waals surface area contributed by atoms with Gasteiger partial charge in [-0.25, -0.2) is 0 Å². The summed E-state index contributed by atoms with van der Waals surface area (Å²) in [6.45, 7) is 3.09. The van der Waals surface area contributed by atoms with Crippen LogP contribution in [0.4, 0.5) is 5.69 Å². The number of sulfonamides is 1. The Morgan fingerprint density at radius 3 is 2.61 bits per heavy atom. The first-order valence-electron chi connectivity index (χ1n) is 8.24. The lowest BCUT2D eigenvalue weighted by atomic mass is 10.3. The number of ether oxygens (including phenoxy) is 1. The lowest BCUT2D eigenvalue weighted by molar-refractivity contribution is -0.384. The molecule has 2 aromatic carbocycles. The summed E-state index contributed by atoms with van der Waals surface area (Å²) < 4.78 is 37.0. The Labute approximate surface area is 169 Å². The third-order valence-corrected chi connectivity index (χ3v) is 6.54. The zero-order valence-electron chi connectivity index (χ0n) is 14.7. The number of hydrogen-bond acceptors (Lipinski definition) is 6. The molecular formula is C17H16ClN3O5S2. The van der Waals surface area contributed by atoms with Crippen LogP contribution in [0.25, 0.3) is 10.2 Å². The van der Waals surface area contributed by atoms with Gasteiger partial charge in [-0.2, -0.15) is 8.42 Å². The molecule has 1 aromatic heterocycles. The fourth-order valence-electron chi connectivity index (χ4n) is 2.52. The van der Waals surface area contributed by atoms with E-state index in [0.29, 0.717) is 35.0 Å². The molecule has 1 heterocycles. The van der Waals surface area contributed by atoms with E-state index < -0.39 is 14.9 Å². The molecule has 0 saturated carbocycles. The van der Waals surface area contributed by atoms with Crippen molar-refractivity contribution in [1.82, 2.24) is 4.57 Å². The van der Waals surface area contributed by atoms with E-state index in [-0.39, 0.29) is 15.4 Å². The highest BCUT2D eigenvalue weighted by Gasteiger charge is 2.16. The summed E-state index contributed by atoms with van der Waals surface area (Å²) in [5.41, 5.74) is 0.582. The number of thiazole rings is 1. The van der Waals surface area contributed by atoms with Crippen LogP contribution in [0.1, 0.15) is 6.92 Å². The molecule has 11 heteroatoms. The van der Waals surface area contributed by atoms with Gasteiger partial charge in [-0.3, -0.25) is 10.1 Å². The number of non-ortho nitro benzene ring substituents is 1. The largest absolute Gasteiger partial charge is 0.380 e. The van der Waals surface area contributed by atoms with E-state index in [2.05, 4.69) is 4.40 Å². The van der Waals surface area contributed by atoms with Crippen LogP contribution in [0.5, 0.6) is 0 Å². The Bertz CT molecular complexity index is 1180. The minimum Gasteiger partial charge on any atom is -0.380 e. The molecule has 0 aliphatic rings. The molecule has 0 atom stereocenters. The van der Waals surface area contributed by atoms with Crippen LogP contribution in [0.2, 0.25) is 5.02 Å². The van der Waals surface area contributed by atoms with Gasteiger partial charge in [-0.05, 0) is 37.3 Å².